The molecule has 0 saturated carbocycles. The van der Waals surface area contributed by atoms with Gasteiger partial charge in [0.1, 0.15) is 4.21 Å². The minimum atomic E-state index is -3.38. The molecule has 0 aliphatic heterocycles. The first-order valence-electron chi connectivity index (χ1n) is 10.1. The van der Waals surface area contributed by atoms with Crippen LogP contribution in [-0.4, -0.2) is 15.2 Å². The van der Waals surface area contributed by atoms with Crippen molar-refractivity contribution in [1.82, 2.24) is 0 Å². The first-order chi connectivity index (χ1) is 14.1. The van der Waals surface area contributed by atoms with E-state index in [-0.39, 0.29) is 10.6 Å². The topological polar surface area (TPSA) is 117 Å². The van der Waals surface area contributed by atoms with Gasteiger partial charge in [-0.1, -0.05) is 0 Å². The lowest BCUT2D eigenvalue weighted by molar-refractivity contribution is -0.117. The van der Waals surface area contributed by atoms with Crippen molar-refractivity contribution in [2.45, 2.75) is 68.6 Å². The van der Waals surface area contributed by atoms with Crippen LogP contribution < -0.4 is 5.14 Å². The molecule has 1 heterocycles. The average molecular weight is 444 g/mol. The van der Waals surface area contributed by atoms with Crippen LogP contribution in [0.2, 0.25) is 0 Å². The molecule has 1 aromatic carbocycles. The normalized spacial score (nSPS) is 17.2. The van der Waals surface area contributed by atoms with Crippen LogP contribution in [0.5, 0.6) is 0 Å². The third-order valence-corrected chi connectivity index (χ3v) is 8.91. The molecule has 1 atom stereocenters. The number of benzene rings is 1. The Hall–Kier alpha value is -2.05. The van der Waals surface area contributed by atoms with Gasteiger partial charge >= 0.3 is 0 Å². The van der Waals surface area contributed by atoms with E-state index in [1.165, 1.54) is 0 Å². The summed E-state index contributed by atoms with van der Waals surface area (Å²) in [5.41, 5.74) is 5.68. The summed E-state index contributed by atoms with van der Waals surface area (Å²) in [6.45, 7) is 3.26. The number of rotatable bonds is 4. The predicted molar refractivity (Wildman–Crippen MR) is 117 cm³/mol. The Morgan fingerprint density at radius 3 is 2.30 bits per heavy atom. The molecule has 1 aromatic heterocycles. The standard InChI is InChI=1S/C22H25N3O3S2/c1-22(2,27)13-9-21(29-12-13)30(24,28)25-20(26)10-18-14-5-3-7-16(14)19(11-23)17-8-4-6-15(17)18/h9,12,27H,3-8,10H2,1-2H3,(H2,24,25,26,28). The number of carbonyl (C=O) groups is 1. The van der Waals surface area contributed by atoms with Crippen molar-refractivity contribution in [2.24, 2.45) is 9.50 Å². The Kier molecular flexibility index (Phi) is 5.35. The van der Waals surface area contributed by atoms with Gasteiger partial charge in [0, 0.05) is 0 Å². The number of thiophene rings is 1. The molecule has 0 spiro atoms. The maximum atomic E-state index is 13.0. The lowest BCUT2D eigenvalue weighted by atomic mass is 9.88. The summed E-state index contributed by atoms with van der Waals surface area (Å²) < 4.78 is 17.1. The molecule has 2 aromatic rings. The van der Waals surface area contributed by atoms with Crippen molar-refractivity contribution in [3.63, 3.8) is 0 Å². The van der Waals surface area contributed by atoms with Crippen molar-refractivity contribution in [2.75, 3.05) is 0 Å². The molecule has 3 N–H and O–H groups in total. The Labute approximate surface area is 181 Å². The summed E-state index contributed by atoms with van der Waals surface area (Å²) >= 11 is 1.13. The zero-order valence-corrected chi connectivity index (χ0v) is 18.8. The summed E-state index contributed by atoms with van der Waals surface area (Å²) in [4.78, 5) is 12.8. The van der Waals surface area contributed by atoms with Gasteiger partial charge in [-0.2, -0.15) is 5.26 Å². The van der Waals surface area contributed by atoms with Crippen LogP contribution in [0.3, 0.4) is 0 Å². The first kappa shape index (κ1) is 21.2. The molecule has 0 radical (unpaired) electrons. The number of hydrogen-bond donors (Lipinski definition) is 2. The minimum absolute atomic E-state index is 0.0638. The molecule has 2 aliphatic rings. The molecule has 4 rings (SSSR count). The number of amides is 1. The van der Waals surface area contributed by atoms with Crippen LogP contribution in [0.4, 0.5) is 0 Å². The highest BCUT2D eigenvalue weighted by Gasteiger charge is 2.29. The molecule has 30 heavy (non-hydrogen) atoms. The largest absolute Gasteiger partial charge is 0.386 e. The monoisotopic (exact) mass is 443 g/mol. The quantitative estimate of drug-likeness (QED) is 0.754. The van der Waals surface area contributed by atoms with Crippen LogP contribution in [0.1, 0.15) is 65.6 Å². The van der Waals surface area contributed by atoms with E-state index in [0.29, 0.717) is 5.56 Å². The summed E-state index contributed by atoms with van der Waals surface area (Å²) in [5, 5.41) is 27.4. The molecule has 2 aliphatic carbocycles. The number of fused-ring (bicyclic) bond motifs is 2. The molecule has 1 unspecified atom stereocenters. The minimum Gasteiger partial charge on any atom is -0.386 e. The molecule has 0 bridgehead atoms. The van der Waals surface area contributed by atoms with Crippen molar-refractivity contribution in [3.8, 4) is 6.07 Å². The van der Waals surface area contributed by atoms with Gasteiger partial charge in [-0.05, 0) is 97.2 Å². The third kappa shape index (κ3) is 3.71. The molecule has 8 heteroatoms. The third-order valence-electron chi connectivity index (χ3n) is 6.02. The van der Waals surface area contributed by atoms with Crippen LogP contribution in [-0.2, 0) is 52.4 Å². The van der Waals surface area contributed by atoms with Crippen molar-refractivity contribution >= 4 is 27.2 Å². The van der Waals surface area contributed by atoms with E-state index in [2.05, 4.69) is 10.4 Å². The molecular weight excluding hydrogens is 418 g/mol. The second-order valence-electron chi connectivity index (χ2n) is 8.53. The molecule has 1 amide bonds. The van der Waals surface area contributed by atoms with E-state index in [1.54, 1.807) is 25.3 Å². The zero-order valence-electron chi connectivity index (χ0n) is 17.2. The summed E-state index contributed by atoms with van der Waals surface area (Å²) in [6, 6.07) is 3.95. The summed E-state index contributed by atoms with van der Waals surface area (Å²) in [6.07, 6.45) is 5.48. The van der Waals surface area contributed by atoms with Crippen molar-refractivity contribution < 1.29 is 14.1 Å². The molecule has 158 valence electrons. The fourth-order valence-corrected chi connectivity index (χ4v) is 6.94. The number of nitrogens with zero attached hydrogens (tertiary/aromatic N) is 2. The number of aliphatic hydroxyl groups is 1. The Morgan fingerprint density at radius 1 is 1.23 bits per heavy atom. The SMILES string of the molecule is CC(C)(O)c1csc(S(N)(=O)=NC(=O)Cc2c3c(c(C#N)c4c2CCC4)CCC3)c1. The average Bonchev–Trinajstić information content (AvgIpc) is 3.40. The number of hydrogen-bond acceptors (Lipinski definition) is 5. The Morgan fingerprint density at radius 2 is 1.80 bits per heavy atom. The van der Waals surface area contributed by atoms with E-state index in [9.17, 15) is 19.4 Å². The highest BCUT2D eigenvalue weighted by Crippen LogP contribution is 2.39. The zero-order chi connectivity index (χ0) is 21.7. The highest BCUT2D eigenvalue weighted by atomic mass is 32.2. The van der Waals surface area contributed by atoms with E-state index in [0.717, 1.165) is 83.2 Å². The Balaban J connectivity index is 1.69. The molecular formula is C22H25N3O3S2. The highest BCUT2D eigenvalue weighted by molar-refractivity contribution is 7.93. The number of nitrogens with two attached hydrogens (primary N) is 1. The molecule has 0 fully saturated rings. The van der Waals surface area contributed by atoms with Crippen LogP contribution >= 0.6 is 11.3 Å². The lowest BCUT2D eigenvalue weighted by Gasteiger charge is -2.16. The van der Waals surface area contributed by atoms with Crippen molar-refractivity contribution in [1.29, 1.82) is 5.26 Å². The van der Waals surface area contributed by atoms with Crippen LogP contribution in [0, 0.1) is 11.3 Å². The van der Waals surface area contributed by atoms with Crippen molar-refractivity contribution in [3.05, 3.63) is 50.4 Å². The smallest absolute Gasteiger partial charge is 0.259 e. The first-order valence-corrected chi connectivity index (χ1v) is 12.5. The molecule has 0 saturated heterocycles. The predicted octanol–water partition coefficient (Wildman–Crippen LogP) is 3.29. The van der Waals surface area contributed by atoms with Gasteiger partial charge in [0.05, 0.1) is 23.7 Å². The second-order valence-corrected chi connectivity index (χ2v) is 11.5. The van der Waals surface area contributed by atoms with E-state index in [4.69, 9.17) is 5.14 Å². The number of carbonyl (C=O) groups excluding carboxylic acids is 1. The Bertz CT molecular complexity index is 1170. The van der Waals surface area contributed by atoms with Gasteiger partial charge < -0.3 is 5.11 Å². The number of nitriles is 1. The molecule has 6 nitrogen and oxygen atoms in total. The van der Waals surface area contributed by atoms with Crippen LogP contribution in [0.25, 0.3) is 0 Å². The van der Waals surface area contributed by atoms with Gasteiger partial charge in [0.2, 0.25) is 0 Å². The fraction of sp³-hybridized carbons (Fsp3) is 0.455. The van der Waals surface area contributed by atoms with Gasteiger partial charge in [0.15, 0.2) is 9.92 Å². The van der Waals surface area contributed by atoms with Gasteiger partial charge in [-0.3, -0.25) is 4.79 Å². The van der Waals surface area contributed by atoms with E-state index in [1.807, 2.05) is 0 Å². The maximum Gasteiger partial charge on any atom is 0.259 e. The lowest BCUT2D eigenvalue weighted by Crippen LogP contribution is -2.17. The van der Waals surface area contributed by atoms with Gasteiger partial charge in [-0.15, -0.1) is 15.7 Å². The summed E-state index contributed by atoms with van der Waals surface area (Å²) in [7, 11) is -3.38. The van der Waals surface area contributed by atoms with Gasteiger partial charge in [0.25, 0.3) is 5.91 Å². The summed E-state index contributed by atoms with van der Waals surface area (Å²) in [5.74, 6) is -0.506. The van der Waals surface area contributed by atoms with E-state index >= 15 is 0 Å². The fourth-order valence-electron chi connectivity index (χ4n) is 4.59. The van der Waals surface area contributed by atoms with Crippen LogP contribution in [0.15, 0.2) is 20.0 Å². The van der Waals surface area contributed by atoms with E-state index < -0.39 is 21.4 Å². The van der Waals surface area contributed by atoms with Gasteiger partial charge in [-0.25, -0.2) is 9.35 Å². The second kappa shape index (κ2) is 7.57. The maximum absolute atomic E-state index is 13.0.